The number of carbonyl (C=O) groups excluding carboxylic acids is 1. The van der Waals surface area contributed by atoms with Gasteiger partial charge in [0.15, 0.2) is 10.3 Å². The minimum atomic E-state index is -0.493. The quantitative estimate of drug-likeness (QED) is 0.265. The molecule has 158 valence electrons. The number of thioether (sulfide) groups is 1. The first kappa shape index (κ1) is 21.6. The van der Waals surface area contributed by atoms with Gasteiger partial charge in [0.05, 0.1) is 31.6 Å². The summed E-state index contributed by atoms with van der Waals surface area (Å²) < 4.78 is 0.971. The molecule has 0 bridgehead atoms. The Balaban J connectivity index is 1.41. The monoisotopic (exact) mass is 492 g/mol. The number of amides is 1. The number of aromatic hydroxyl groups is 1. The maximum absolute atomic E-state index is 12.4. The van der Waals surface area contributed by atoms with E-state index in [2.05, 4.69) is 20.3 Å². The summed E-state index contributed by atoms with van der Waals surface area (Å²) in [6.07, 6.45) is 0.133. The molecule has 0 aliphatic carbocycles. The molecule has 0 aliphatic rings. The third-order valence-electron chi connectivity index (χ3n) is 4.22. The van der Waals surface area contributed by atoms with Crippen LogP contribution in [0.3, 0.4) is 0 Å². The second kappa shape index (κ2) is 9.27. The van der Waals surface area contributed by atoms with E-state index < -0.39 is 11.4 Å². The topological polar surface area (TPSA) is 108 Å². The van der Waals surface area contributed by atoms with Gasteiger partial charge in [-0.3, -0.25) is 9.59 Å². The molecular formula is C20H14Cl2N4O3S2. The minimum absolute atomic E-state index is 0.00948. The number of aromatic nitrogens is 3. The molecule has 31 heavy (non-hydrogen) atoms. The summed E-state index contributed by atoms with van der Waals surface area (Å²) in [6, 6.07) is 12.5. The van der Waals surface area contributed by atoms with Crippen LogP contribution in [0.4, 0.5) is 5.13 Å². The van der Waals surface area contributed by atoms with E-state index in [1.807, 2.05) is 24.3 Å². The van der Waals surface area contributed by atoms with Gasteiger partial charge in [-0.05, 0) is 29.8 Å². The molecule has 3 N–H and O–H groups in total. The number of thiazole rings is 1. The van der Waals surface area contributed by atoms with Gasteiger partial charge in [-0.25, -0.2) is 4.98 Å². The van der Waals surface area contributed by atoms with Crippen LogP contribution >= 0.6 is 46.3 Å². The molecule has 0 unspecified atom stereocenters. The lowest BCUT2D eigenvalue weighted by Gasteiger charge is -2.07. The van der Waals surface area contributed by atoms with Gasteiger partial charge in [0, 0.05) is 6.42 Å². The van der Waals surface area contributed by atoms with Crippen LogP contribution in [0.15, 0.2) is 52.4 Å². The van der Waals surface area contributed by atoms with Gasteiger partial charge in [-0.2, -0.15) is 4.98 Å². The highest BCUT2D eigenvalue weighted by atomic mass is 35.5. The van der Waals surface area contributed by atoms with Crippen molar-refractivity contribution in [1.82, 2.24) is 15.0 Å². The summed E-state index contributed by atoms with van der Waals surface area (Å²) in [5.74, 6) is -0.709. The van der Waals surface area contributed by atoms with Gasteiger partial charge in [0.25, 0.3) is 5.56 Å². The van der Waals surface area contributed by atoms with E-state index in [1.54, 1.807) is 18.2 Å². The van der Waals surface area contributed by atoms with Gasteiger partial charge in [-0.15, -0.1) is 0 Å². The van der Waals surface area contributed by atoms with E-state index in [1.165, 1.54) is 11.3 Å². The average molecular weight is 493 g/mol. The Labute approximate surface area is 194 Å². The molecule has 0 radical (unpaired) electrons. The molecule has 1 amide bonds. The second-order valence-corrected chi connectivity index (χ2v) is 9.23. The summed E-state index contributed by atoms with van der Waals surface area (Å²) in [4.78, 5) is 35.6. The highest BCUT2D eigenvalue weighted by Crippen LogP contribution is 2.27. The predicted molar refractivity (Wildman–Crippen MR) is 125 cm³/mol. The standard InChI is InChI=1S/C20H14Cl2N4O3S2/c21-12-6-5-10(8-13(12)22)7-11-17(28)25-19(26-18(11)29)30-9-16(27)24-20-23-14-3-1-2-4-15(14)31-20/h1-6,8H,7,9H2,(H,23,24,27)(H2,25,26,28,29). The number of H-pyrrole nitrogens is 1. The number of nitrogens with one attached hydrogen (secondary N) is 2. The van der Waals surface area contributed by atoms with E-state index in [4.69, 9.17) is 23.2 Å². The fourth-order valence-corrected chi connectivity index (χ4v) is 4.62. The number of aromatic amines is 1. The lowest BCUT2D eigenvalue weighted by molar-refractivity contribution is -0.113. The zero-order valence-electron chi connectivity index (χ0n) is 15.7. The van der Waals surface area contributed by atoms with Crippen molar-refractivity contribution >= 4 is 67.6 Å². The smallest absolute Gasteiger partial charge is 0.258 e. The largest absolute Gasteiger partial charge is 0.493 e. The molecular weight excluding hydrogens is 479 g/mol. The highest BCUT2D eigenvalue weighted by Gasteiger charge is 2.14. The number of fused-ring (bicyclic) bond motifs is 1. The molecule has 2 aromatic heterocycles. The van der Waals surface area contributed by atoms with Crippen molar-refractivity contribution in [2.24, 2.45) is 0 Å². The fourth-order valence-electron chi connectivity index (χ4n) is 2.76. The maximum Gasteiger partial charge on any atom is 0.258 e. The molecule has 0 saturated heterocycles. The Kier molecular flexibility index (Phi) is 6.47. The first-order valence-corrected chi connectivity index (χ1v) is 11.5. The molecule has 2 heterocycles. The minimum Gasteiger partial charge on any atom is -0.493 e. The molecule has 4 aromatic rings. The number of carbonyl (C=O) groups is 1. The van der Waals surface area contributed by atoms with Crippen molar-refractivity contribution < 1.29 is 9.90 Å². The molecule has 7 nitrogen and oxygen atoms in total. The molecule has 2 aromatic carbocycles. The van der Waals surface area contributed by atoms with E-state index in [0.717, 1.165) is 22.0 Å². The normalized spacial score (nSPS) is 11.0. The Bertz CT molecular complexity index is 1310. The molecule has 0 saturated carbocycles. The summed E-state index contributed by atoms with van der Waals surface area (Å²) in [5.41, 5.74) is 1.12. The van der Waals surface area contributed by atoms with Crippen LogP contribution in [0, 0.1) is 0 Å². The number of halogens is 2. The Morgan fingerprint density at radius 1 is 1.16 bits per heavy atom. The van der Waals surface area contributed by atoms with E-state index >= 15 is 0 Å². The third kappa shape index (κ3) is 5.19. The van der Waals surface area contributed by atoms with Gasteiger partial charge < -0.3 is 15.4 Å². The molecule has 4 rings (SSSR count). The summed E-state index contributed by atoms with van der Waals surface area (Å²) in [5, 5.41) is 14.3. The van der Waals surface area contributed by atoms with Crippen molar-refractivity contribution in [2.75, 3.05) is 11.1 Å². The summed E-state index contributed by atoms with van der Waals surface area (Å²) >= 11 is 14.3. The van der Waals surface area contributed by atoms with Gasteiger partial charge >= 0.3 is 0 Å². The van der Waals surface area contributed by atoms with Crippen LogP contribution in [0.5, 0.6) is 5.88 Å². The van der Waals surface area contributed by atoms with Crippen molar-refractivity contribution in [3.05, 3.63) is 74.0 Å². The van der Waals surface area contributed by atoms with E-state index in [0.29, 0.717) is 20.7 Å². The Morgan fingerprint density at radius 3 is 2.71 bits per heavy atom. The highest BCUT2D eigenvalue weighted by molar-refractivity contribution is 7.99. The Hall–Kier alpha value is -2.59. The SMILES string of the molecule is O=C(CSc1nc(O)c(Cc2ccc(Cl)c(Cl)c2)c(=O)[nH]1)Nc1nc2ccccc2s1. The average Bonchev–Trinajstić information content (AvgIpc) is 3.14. The van der Waals surface area contributed by atoms with Crippen molar-refractivity contribution in [3.63, 3.8) is 0 Å². The van der Waals surface area contributed by atoms with E-state index in [-0.39, 0.29) is 28.8 Å². The van der Waals surface area contributed by atoms with Gasteiger partial charge in [0.1, 0.15) is 0 Å². The number of nitrogens with zero attached hydrogens (tertiary/aromatic N) is 2. The predicted octanol–water partition coefficient (Wildman–Crippen LogP) is 4.71. The molecule has 0 aliphatic heterocycles. The van der Waals surface area contributed by atoms with Crippen LogP contribution in [0.1, 0.15) is 11.1 Å². The van der Waals surface area contributed by atoms with Crippen molar-refractivity contribution in [3.8, 4) is 5.88 Å². The summed E-state index contributed by atoms with van der Waals surface area (Å²) in [7, 11) is 0. The van der Waals surface area contributed by atoms with Crippen LogP contribution in [0.2, 0.25) is 10.0 Å². The van der Waals surface area contributed by atoms with E-state index in [9.17, 15) is 14.7 Å². The Morgan fingerprint density at radius 2 is 1.97 bits per heavy atom. The number of benzene rings is 2. The van der Waals surface area contributed by atoms with Crippen molar-refractivity contribution in [1.29, 1.82) is 0 Å². The molecule has 11 heteroatoms. The number of rotatable bonds is 6. The number of hydrogen-bond acceptors (Lipinski definition) is 7. The van der Waals surface area contributed by atoms with Crippen LogP contribution in [0.25, 0.3) is 10.2 Å². The fraction of sp³-hybridized carbons (Fsp3) is 0.100. The number of para-hydroxylation sites is 1. The van der Waals surface area contributed by atoms with Crippen LogP contribution in [-0.4, -0.2) is 31.7 Å². The number of anilines is 1. The lowest BCUT2D eigenvalue weighted by atomic mass is 10.1. The maximum atomic E-state index is 12.4. The first-order valence-electron chi connectivity index (χ1n) is 8.93. The molecule has 0 atom stereocenters. The number of hydrogen-bond donors (Lipinski definition) is 3. The molecule has 0 spiro atoms. The first-order chi connectivity index (χ1) is 14.9. The zero-order chi connectivity index (χ0) is 22.0. The summed E-state index contributed by atoms with van der Waals surface area (Å²) in [6.45, 7) is 0. The van der Waals surface area contributed by atoms with Crippen LogP contribution in [-0.2, 0) is 11.2 Å². The lowest BCUT2D eigenvalue weighted by Crippen LogP contribution is -2.17. The van der Waals surface area contributed by atoms with Gasteiger partial charge in [0.2, 0.25) is 11.8 Å². The zero-order valence-corrected chi connectivity index (χ0v) is 18.8. The third-order valence-corrected chi connectivity index (χ3v) is 6.78. The van der Waals surface area contributed by atoms with Crippen molar-refractivity contribution in [2.45, 2.75) is 11.6 Å². The second-order valence-electron chi connectivity index (χ2n) is 6.42. The molecule has 0 fully saturated rings. The van der Waals surface area contributed by atoms with Crippen LogP contribution < -0.4 is 10.9 Å². The van der Waals surface area contributed by atoms with Gasteiger partial charge in [-0.1, -0.05) is 64.5 Å².